The van der Waals surface area contributed by atoms with Crippen molar-refractivity contribution in [2.75, 3.05) is 26.7 Å². The van der Waals surface area contributed by atoms with Crippen LogP contribution in [-0.2, 0) is 0 Å². The summed E-state index contributed by atoms with van der Waals surface area (Å²) < 4.78 is 13.8. The Morgan fingerprint density at radius 2 is 2.35 bits per heavy atom. The lowest BCUT2D eigenvalue weighted by Gasteiger charge is -2.16. The summed E-state index contributed by atoms with van der Waals surface area (Å²) in [6, 6.07) is 3.12. The molecule has 20 heavy (non-hydrogen) atoms. The summed E-state index contributed by atoms with van der Waals surface area (Å²) in [5, 5.41) is 13.6. The summed E-state index contributed by atoms with van der Waals surface area (Å²) in [6.45, 7) is 1.98. The molecule has 1 unspecified atom stereocenters. The first-order valence-corrected chi connectivity index (χ1v) is 6.40. The summed E-state index contributed by atoms with van der Waals surface area (Å²) in [7, 11) is 1.85. The molecule has 6 nitrogen and oxygen atoms in total. The van der Waals surface area contributed by atoms with Crippen LogP contribution in [0.4, 0.5) is 10.1 Å². The van der Waals surface area contributed by atoms with Gasteiger partial charge in [0, 0.05) is 19.2 Å². The van der Waals surface area contributed by atoms with Gasteiger partial charge in [-0.3, -0.25) is 14.9 Å². The molecular weight excluding hydrogens is 265 g/mol. The number of carbonyl (C=O) groups is 1. The van der Waals surface area contributed by atoms with Crippen molar-refractivity contribution in [2.24, 2.45) is 5.92 Å². The molecule has 1 aromatic rings. The number of non-ortho nitro benzene ring substituents is 1. The van der Waals surface area contributed by atoms with E-state index in [4.69, 9.17) is 0 Å². The summed E-state index contributed by atoms with van der Waals surface area (Å²) in [4.78, 5) is 23.6. The van der Waals surface area contributed by atoms with Crippen LogP contribution in [0.25, 0.3) is 0 Å². The second-order valence-electron chi connectivity index (χ2n) is 4.88. The lowest BCUT2D eigenvalue weighted by Crippen LogP contribution is -2.30. The fourth-order valence-corrected chi connectivity index (χ4v) is 2.43. The zero-order valence-electron chi connectivity index (χ0n) is 11.1. The normalized spacial score (nSPS) is 18.3. The van der Waals surface area contributed by atoms with Gasteiger partial charge >= 0.3 is 0 Å². The monoisotopic (exact) mass is 281 g/mol. The van der Waals surface area contributed by atoms with Gasteiger partial charge in [0.15, 0.2) is 0 Å². The van der Waals surface area contributed by atoms with E-state index in [-0.39, 0.29) is 11.3 Å². The molecule has 1 fully saturated rings. The van der Waals surface area contributed by atoms with E-state index in [1.807, 2.05) is 7.05 Å². The van der Waals surface area contributed by atoms with Gasteiger partial charge in [-0.1, -0.05) is 0 Å². The van der Waals surface area contributed by atoms with Crippen molar-refractivity contribution < 1.29 is 14.1 Å². The third kappa shape index (κ3) is 2.93. The average molecular weight is 281 g/mol. The summed E-state index contributed by atoms with van der Waals surface area (Å²) in [6.07, 6.45) is 0.876. The number of halogens is 1. The highest BCUT2D eigenvalue weighted by Crippen LogP contribution is 2.22. The largest absolute Gasteiger partial charge is 0.338 e. The molecule has 1 N–H and O–H groups in total. The molecule has 1 atom stereocenters. The Morgan fingerprint density at radius 3 is 2.95 bits per heavy atom. The SMILES string of the molecule is CNCC1CCN(C(=O)c2ccc([N+](=O)[O-])cc2F)C1. The van der Waals surface area contributed by atoms with Crippen LogP contribution in [0, 0.1) is 21.8 Å². The van der Waals surface area contributed by atoms with Crippen LogP contribution in [0.15, 0.2) is 18.2 Å². The Morgan fingerprint density at radius 1 is 1.60 bits per heavy atom. The maximum atomic E-state index is 13.8. The number of nitrogens with zero attached hydrogens (tertiary/aromatic N) is 2. The number of likely N-dealkylation sites (tertiary alicyclic amines) is 1. The zero-order chi connectivity index (χ0) is 14.7. The molecular formula is C13H16FN3O3. The minimum absolute atomic E-state index is 0.110. The van der Waals surface area contributed by atoms with E-state index in [1.54, 1.807) is 4.90 Å². The maximum Gasteiger partial charge on any atom is 0.272 e. The van der Waals surface area contributed by atoms with Gasteiger partial charge in [0.1, 0.15) is 5.82 Å². The Hall–Kier alpha value is -2.02. The van der Waals surface area contributed by atoms with Gasteiger partial charge in [0.05, 0.1) is 16.6 Å². The molecule has 0 bridgehead atoms. The lowest BCUT2D eigenvalue weighted by molar-refractivity contribution is -0.385. The first-order chi connectivity index (χ1) is 9.52. The number of carbonyl (C=O) groups excluding carboxylic acids is 1. The molecule has 0 aromatic heterocycles. The summed E-state index contributed by atoms with van der Waals surface area (Å²) in [5.41, 5.74) is -0.464. The van der Waals surface area contributed by atoms with Crippen molar-refractivity contribution in [3.05, 3.63) is 39.7 Å². The fraction of sp³-hybridized carbons (Fsp3) is 0.462. The average Bonchev–Trinajstić information content (AvgIpc) is 2.87. The molecule has 0 saturated carbocycles. The Kier molecular flexibility index (Phi) is 4.29. The van der Waals surface area contributed by atoms with E-state index in [1.165, 1.54) is 6.07 Å². The number of nitrogens with one attached hydrogen (secondary N) is 1. The van der Waals surface area contributed by atoms with E-state index in [9.17, 15) is 19.3 Å². The molecule has 7 heteroatoms. The molecule has 1 saturated heterocycles. The topological polar surface area (TPSA) is 75.5 Å². The van der Waals surface area contributed by atoms with Crippen molar-refractivity contribution >= 4 is 11.6 Å². The quantitative estimate of drug-likeness (QED) is 0.669. The van der Waals surface area contributed by atoms with E-state index in [2.05, 4.69) is 5.32 Å². The van der Waals surface area contributed by atoms with Crippen LogP contribution in [0.1, 0.15) is 16.8 Å². The highest BCUT2D eigenvalue weighted by atomic mass is 19.1. The van der Waals surface area contributed by atoms with Crippen LogP contribution in [0.3, 0.4) is 0 Å². The van der Waals surface area contributed by atoms with E-state index >= 15 is 0 Å². The van der Waals surface area contributed by atoms with Gasteiger partial charge in [-0.2, -0.15) is 0 Å². The Balaban J connectivity index is 2.12. The third-order valence-corrected chi connectivity index (χ3v) is 3.46. The van der Waals surface area contributed by atoms with Gasteiger partial charge in [-0.25, -0.2) is 4.39 Å². The number of nitro groups is 1. The van der Waals surface area contributed by atoms with E-state index in [0.717, 1.165) is 25.1 Å². The number of hydrogen-bond acceptors (Lipinski definition) is 4. The number of hydrogen-bond donors (Lipinski definition) is 1. The number of rotatable bonds is 4. The molecule has 108 valence electrons. The molecule has 0 aliphatic carbocycles. The van der Waals surface area contributed by atoms with Crippen LogP contribution in [0.5, 0.6) is 0 Å². The van der Waals surface area contributed by atoms with Crippen LogP contribution in [-0.4, -0.2) is 42.4 Å². The molecule has 2 rings (SSSR count). The smallest absolute Gasteiger partial charge is 0.272 e. The lowest BCUT2D eigenvalue weighted by atomic mass is 10.1. The van der Waals surface area contributed by atoms with E-state index in [0.29, 0.717) is 19.0 Å². The molecule has 1 aliphatic heterocycles. The van der Waals surface area contributed by atoms with Crippen molar-refractivity contribution in [3.63, 3.8) is 0 Å². The zero-order valence-corrected chi connectivity index (χ0v) is 11.1. The Labute approximate surface area is 115 Å². The highest BCUT2D eigenvalue weighted by molar-refractivity contribution is 5.94. The molecule has 0 radical (unpaired) electrons. The molecule has 1 amide bonds. The van der Waals surface area contributed by atoms with Gasteiger partial charge < -0.3 is 10.2 Å². The maximum absolute atomic E-state index is 13.8. The predicted octanol–water partition coefficient (Wildman–Crippen LogP) is 1.42. The molecule has 1 aliphatic rings. The number of amides is 1. The first-order valence-electron chi connectivity index (χ1n) is 6.40. The molecule has 1 aromatic carbocycles. The van der Waals surface area contributed by atoms with Crippen molar-refractivity contribution in [2.45, 2.75) is 6.42 Å². The van der Waals surface area contributed by atoms with Gasteiger partial charge in [-0.15, -0.1) is 0 Å². The minimum Gasteiger partial charge on any atom is -0.338 e. The summed E-state index contributed by atoms with van der Waals surface area (Å²) >= 11 is 0. The summed E-state index contributed by atoms with van der Waals surface area (Å²) in [5.74, 6) is -0.887. The fourth-order valence-electron chi connectivity index (χ4n) is 2.43. The van der Waals surface area contributed by atoms with Gasteiger partial charge in [-0.05, 0) is 32.0 Å². The second-order valence-corrected chi connectivity index (χ2v) is 4.88. The standard InChI is InChI=1S/C13H16FN3O3/c1-15-7-9-4-5-16(8-9)13(18)11-3-2-10(17(19)20)6-12(11)14/h2-3,6,9,15H,4-5,7-8H2,1H3. The van der Waals surface area contributed by atoms with Crippen LogP contribution >= 0.6 is 0 Å². The number of nitro benzene ring substituents is 1. The Bertz CT molecular complexity index is 536. The minimum atomic E-state index is -0.846. The van der Waals surface area contributed by atoms with Crippen molar-refractivity contribution in [1.82, 2.24) is 10.2 Å². The number of benzene rings is 1. The second kappa shape index (κ2) is 5.96. The van der Waals surface area contributed by atoms with Crippen molar-refractivity contribution in [3.8, 4) is 0 Å². The van der Waals surface area contributed by atoms with Gasteiger partial charge in [0.25, 0.3) is 11.6 Å². The third-order valence-electron chi connectivity index (χ3n) is 3.46. The van der Waals surface area contributed by atoms with Gasteiger partial charge in [0.2, 0.25) is 0 Å². The molecule has 1 heterocycles. The van der Waals surface area contributed by atoms with E-state index < -0.39 is 16.6 Å². The van der Waals surface area contributed by atoms with Crippen molar-refractivity contribution in [1.29, 1.82) is 0 Å². The predicted molar refractivity (Wildman–Crippen MR) is 71.0 cm³/mol. The molecule has 0 spiro atoms. The first kappa shape index (κ1) is 14.4. The highest BCUT2D eigenvalue weighted by Gasteiger charge is 2.28. The van der Waals surface area contributed by atoms with Crippen LogP contribution < -0.4 is 5.32 Å². The van der Waals surface area contributed by atoms with Crippen LogP contribution in [0.2, 0.25) is 0 Å².